The van der Waals surface area contributed by atoms with E-state index in [9.17, 15) is 8.78 Å². The lowest BCUT2D eigenvalue weighted by Gasteiger charge is -2.05. The molecule has 0 fully saturated rings. The van der Waals surface area contributed by atoms with E-state index in [1.54, 1.807) is 12.1 Å². The van der Waals surface area contributed by atoms with Gasteiger partial charge in [-0.1, -0.05) is 24.3 Å². The third-order valence-corrected chi connectivity index (χ3v) is 2.49. The average Bonchev–Trinajstić information content (AvgIpc) is 2.34. The van der Waals surface area contributed by atoms with Crippen molar-refractivity contribution >= 4 is 0 Å². The van der Waals surface area contributed by atoms with E-state index in [1.807, 2.05) is 0 Å². The molecule has 0 aliphatic rings. The second-order valence-corrected chi connectivity index (χ2v) is 3.88. The molecule has 0 amide bonds. The van der Waals surface area contributed by atoms with Gasteiger partial charge in [-0.2, -0.15) is 0 Å². The molecule has 1 N–H and O–H groups in total. The van der Waals surface area contributed by atoms with Crippen LogP contribution in [0.3, 0.4) is 0 Å². The van der Waals surface area contributed by atoms with Gasteiger partial charge in [-0.25, -0.2) is 8.78 Å². The van der Waals surface area contributed by atoms with Gasteiger partial charge in [0, 0.05) is 18.5 Å². The molecule has 92 valence electrons. The normalized spacial score (nSPS) is 10.5. The maximum absolute atomic E-state index is 12.3. The number of benzene rings is 1. The number of hydrogen-bond donors (Lipinski definition) is 1. The molecule has 1 aromatic rings. The Labute approximate surface area is 101 Å². The Bertz CT molecular complexity index is 351. The molecule has 0 aliphatic carbocycles. The Morgan fingerprint density at radius 2 is 1.88 bits per heavy atom. The number of halogens is 2. The zero-order valence-corrected chi connectivity index (χ0v) is 9.76. The Hall–Kier alpha value is -1.40. The fraction of sp³-hybridized carbons (Fsp3) is 0.429. The van der Waals surface area contributed by atoms with Gasteiger partial charge in [-0.3, -0.25) is 0 Å². The summed E-state index contributed by atoms with van der Waals surface area (Å²) in [5.41, 5.74) is 1.09. The summed E-state index contributed by atoms with van der Waals surface area (Å²) in [6.07, 6.45) is 5.63. The topological polar surface area (TPSA) is 12.0 Å². The molecule has 17 heavy (non-hydrogen) atoms. The highest BCUT2D eigenvalue weighted by molar-refractivity contribution is 5.23. The summed E-state index contributed by atoms with van der Waals surface area (Å²) in [6.45, 7) is 1.61. The van der Waals surface area contributed by atoms with E-state index >= 15 is 0 Å². The standard InChI is InChI=1S/C14H17F2N/c1-2-3-4-5-10-17-11-12-6-8-13(9-7-12)14(15)16/h1,6-9,14,17H,3-5,10-11H2. The van der Waals surface area contributed by atoms with Crippen LogP contribution in [0.5, 0.6) is 0 Å². The SMILES string of the molecule is C#CCCCCNCc1ccc(C(F)F)cc1. The number of alkyl halides is 2. The molecule has 3 heteroatoms. The highest BCUT2D eigenvalue weighted by Gasteiger charge is 2.05. The molecule has 0 heterocycles. The van der Waals surface area contributed by atoms with Gasteiger partial charge in [-0.05, 0) is 24.9 Å². The van der Waals surface area contributed by atoms with Crippen LogP contribution < -0.4 is 5.32 Å². The van der Waals surface area contributed by atoms with Crippen molar-refractivity contribution in [2.75, 3.05) is 6.54 Å². The third kappa shape index (κ3) is 5.46. The Balaban J connectivity index is 2.21. The molecule has 0 spiro atoms. The molecule has 1 rings (SSSR count). The number of hydrogen-bond acceptors (Lipinski definition) is 1. The van der Waals surface area contributed by atoms with Gasteiger partial charge < -0.3 is 5.32 Å². The molecular weight excluding hydrogens is 220 g/mol. The molecule has 1 nitrogen and oxygen atoms in total. The van der Waals surface area contributed by atoms with Gasteiger partial charge in [0.1, 0.15) is 0 Å². The van der Waals surface area contributed by atoms with E-state index in [0.717, 1.165) is 31.4 Å². The molecule has 1 aromatic carbocycles. The predicted octanol–water partition coefficient (Wildman–Crippen LogP) is 3.52. The summed E-state index contributed by atoms with van der Waals surface area (Å²) in [4.78, 5) is 0. The third-order valence-electron chi connectivity index (χ3n) is 2.49. The van der Waals surface area contributed by atoms with Crippen LogP contribution in [0.4, 0.5) is 8.78 Å². The van der Waals surface area contributed by atoms with Crippen molar-refractivity contribution in [2.24, 2.45) is 0 Å². The number of nitrogens with one attached hydrogen (secondary N) is 1. The van der Waals surface area contributed by atoms with E-state index in [0.29, 0.717) is 6.54 Å². The van der Waals surface area contributed by atoms with Crippen molar-refractivity contribution in [1.29, 1.82) is 0 Å². The van der Waals surface area contributed by atoms with Gasteiger partial charge >= 0.3 is 0 Å². The van der Waals surface area contributed by atoms with Crippen molar-refractivity contribution in [1.82, 2.24) is 5.32 Å². The van der Waals surface area contributed by atoms with Crippen LogP contribution >= 0.6 is 0 Å². The van der Waals surface area contributed by atoms with Gasteiger partial charge in [-0.15, -0.1) is 12.3 Å². The molecule has 0 bridgehead atoms. The summed E-state index contributed by atoms with van der Waals surface area (Å²) in [5.74, 6) is 2.59. The molecule has 0 saturated heterocycles. The van der Waals surface area contributed by atoms with Crippen molar-refractivity contribution < 1.29 is 8.78 Å². The van der Waals surface area contributed by atoms with Gasteiger partial charge in [0.25, 0.3) is 6.43 Å². The first-order valence-electron chi connectivity index (χ1n) is 5.75. The first kappa shape index (κ1) is 13.7. The quantitative estimate of drug-likeness (QED) is 0.565. The first-order chi connectivity index (χ1) is 8.24. The van der Waals surface area contributed by atoms with Crippen molar-refractivity contribution in [2.45, 2.75) is 32.2 Å². The zero-order valence-electron chi connectivity index (χ0n) is 9.76. The lowest BCUT2D eigenvalue weighted by molar-refractivity contribution is 0.151. The number of unbranched alkanes of at least 4 members (excludes halogenated alkanes) is 2. The van der Waals surface area contributed by atoms with E-state index in [-0.39, 0.29) is 5.56 Å². The van der Waals surface area contributed by atoms with Crippen LogP contribution in [0.1, 0.15) is 36.8 Å². The van der Waals surface area contributed by atoms with Gasteiger partial charge in [0.2, 0.25) is 0 Å². The maximum atomic E-state index is 12.3. The first-order valence-corrected chi connectivity index (χ1v) is 5.75. The minimum Gasteiger partial charge on any atom is -0.313 e. The molecule has 0 atom stereocenters. The van der Waals surface area contributed by atoms with Crippen LogP contribution in [0.25, 0.3) is 0 Å². The van der Waals surface area contributed by atoms with Gasteiger partial charge in [0.05, 0.1) is 0 Å². The number of rotatable bonds is 7. The molecule has 0 aromatic heterocycles. The van der Waals surface area contributed by atoms with Crippen molar-refractivity contribution in [3.05, 3.63) is 35.4 Å². The maximum Gasteiger partial charge on any atom is 0.263 e. The van der Waals surface area contributed by atoms with Crippen LogP contribution in [0, 0.1) is 12.3 Å². The fourth-order valence-electron chi connectivity index (χ4n) is 1.49. The molecular formula is C14H17F2N. The molecule has 0 saturated carbocycles. The Morgan fingerprint density at radius 1 is 1.18 bits per heavy atom. The van der Waals surface area contributed by atoms with Crippen molar-refractivity contribution in [3.63, 3.8) is 0 Å². The highest BCUT2D eigenvalue weighted by atomic mass is 19.3. The minimum absolute atomic E-state index is 0.0720. The van der Waals surface area contributed by atoms with Crippen LogP contribution in [-0.4, -0.2) is 6.54 Å². The zero-order chi connectivity index (χ0) is 12.5. The van der Waals surface area contributed by atoms with E-state index in [2.05, 4.69) is 11.2 Å². The monoisotopic (exact) mass is 237 g/mol. The van der Waals surface area contributed by atoms with Crippen LogP contribution in [0.15, 0.2) is 24.3 Å². The Kier molecular flexibility index (Phi) is 6.27. The van der Waals surface area contributed by atoms with Crippen molar-refractivity contribution in [3.8, 4) is 12.3 Å². The minimum atomic E-state index is -2.39. The summed E-state index contributed by atoms with van der Waals surface area (Å²) in [7, 11) is 0. The second kappa shape index (κ2) is 7.81. The number of terminal acetylenes is 1. The largest absolute Gasteiger partial charge is 0.313 e. The van der Waals surface area contributed by atoms with Crippen LogP contribution in [0.2, 0.25) is 0 Å². The van der Waals surface area contributed by atoms with E-state index in [1.165, 1.54) is 12.1 Å². The van der Waals surface area contributed by atoms with Crippen LogP contribution in [-0.2, 0) is 6.54 Å². The summed E-state index contributed by atoms with van der Waals surface area (Å²) in [6, 6.07) is 6.41. The second-order valence-electron chi connectivity index (χ2n) is 3.88. The molecule has 0 radical (unpaired) electrons. The molecule has 0 aliphatic heterocycles. The summed E-state index contributed by atoms with van der Waals surface area (Å²) in [5, 5.41) is 3.25. The van der Waals surface area contributed by atoms with Gasteiger partial charge in [0.15, 0.2) is 0 Å². The summed E-state index contributed by atoms with van der Waals surface area (Å²) >= 11 is 0. The average molecular weight is 237 g/mol. The summed E-state index contributed by atoms with van der Waals surface area (Å²) < 4.78 is 24.6. The lowest BCUT2D eigenvalue weighted by atomic mass is 10.1. The fourth-order valence-corrected chi connectivity index (χ4v) is 1.49. The highest BCUT2D eigenvalue weighted by Crippen LogP contribution is 2.18. The molecule has 0 unspecified atom stereocenters. The van der Waals surface area contributed by atoms with E-state index < -0.39 is 6.43 Å². The predicted molar refractivity (Wildman–Crippen MR) is 65.8 cm³/mol. The Morgan fingerprint density at radius 3 is 2.47 bits per heavy atom. The van der Waals surface area contributed by atoms with E-state index in [4.69, 9.17) is 6.42 Å². The smallest absolute Gasteiger partial charge is 0.263 e. The lowest BCUT2D eigenvalue weighted by Crippen LogP contribution is -2.14.